The van der Waals surface area contributed by atoms with Gasteiger partial charge in [-0.15, -0.1) is 11.3 Å². The molecule has 3 heteroatoms. The Balaban J connectivity index is 2.04. The number of ether oxygens (including phenoxy) is 1. The van der Waals surface area contributed by atoms with Gasteiger partial charge in [0.25, 0.3) is 0 Å². The largest absolute Gasteiger partial charge is 0.376 e. The fourth-order valence-electron chi connectivity index (χ4n) is 1.20. The summed E-state index contributed by atoms with van der Waals surface area (Å²) in [5.74, 6) is 0.787. The van der Waals surface area contributed by atoms with Crippen LogP contribution in [0.3, 0.4) is 0 Å². The van der Waals surface area contributed by atoms with E-state index in [4.69, 9.17) is 4.74 Å². The molecule has 0 unspecified atom stereocenters. The molecule has 0 bridgehead atoms. The molecular formula is C11H17BrOS. The lowest BCUT2D eigenvalue weighted by Crippen LogP contribution is -1.96. The lowest BCUT2D eigenvalue weighted by atomic mass is 10.1. The second-order valence-electron chi connectivity index (χ2n) is 3.82. The van der Waals surface area contributed by atoms with Crippen molar-refractivity contribution in [2.75, 3.05) is 6.61 Å². The van der Waals surface area contributed by atoms with Crippen LogP contribution in [0.5, 0.6) is 0 Å². The maximum atomic E-state index is 5.57. The third-order valence-corrected chi connectivity index (χ3v) is 3.61. The van der Waals surface area contributed by atoms with Crippen molar-refractivity contribution in [2.24, 2.45) is 5.92 Å². The molecule has 1 heterocycles. The van der Waals surface area contributed by atoms with Crippen LogP contribution in [0, 0.1) is 5.92 Å². The first-order chi connectivity index (χ1) is 6.68. The van der Waals surface area contributed by atoms with E-state index >= 15 is 0 Å². The van der Waals surface area contributed by atoms with Crippen LogP contribution in [0.1, 0.15) is 31.6 Å². The summed E-state index contributed by atoms with van der Waals surface area (Å²) in [5.41, 5.74) is 0. The summed E-state index contributed by atoms with van der Waals surface area (Å²) in [6.45, 7) is 6.13. The van der Waals surface area contributed by atoms with E-state index in [1.54, 1.807) is 11.3 Å². The molecule has 80 valence electrons. The molecule has 0 N–H and O–H groups in total. The van der Waals surface area contributed by atoms with Crippen LogP contribution in [0.15, 0.2) is 15.9 Å². The second-order valence-corrected chi connectivity index (χ2v) is 5.73. The number of thiophene rings is 1. The van der Waals surface area contributed by atoms with Gasteiger partial charge in [0.1, 0.15) is 0 Å². The fraction of sp³-hybridized carbons (Fsp3) is 0.636. The molecule has 14 heavy (non-hydrogen) atoms. The van der Waals surface area contributed by atoms with E-state index in [9.17, 15) is 0 Å². The monoisotopic (exact) mass is 276 g/mol. The van der Waals surface area contributed by atoms with Gasteiger partial charge in [0.05, 0.1) is 6.61 Å². The molecule has 0 spiro atoms. The Morgan fingerprint density at radius 3 is 2.86 bits per heavy atom. The van der Waals surface area contributed by atoms with Gasteiger partial charge in [0.2, 0.25) is 0 Å². The van der Waals surface area contributed by atoms with Gasteiger partial charge < -0.3 is 4.74 Å². The van der Waals surface area contributed by atoms with Crippen molar-refractivity contribution in [1.29, 1.82) is 0 Å². The van der Waals surface area contributed by atoms with Crippen molar-refractivity contribution < 1.29 is 4.74 Å². The highest BCUT2D eigenvalue weighted by Crippen LogP contribution is 2.20. The molecule has 0 aromatic carbocycles. The smallest absolute Gasteiger partial charge is 0.0809 e. The molecule has 1 aromatic rings. The van der Waals surface area contributed by atoms with Crippen LogP contribution in [0.25, 0.3) is 0 Å². The van der Waals surface area contributed by atoms with Crippen molar-refractivity contribution in [1.82, 2.24) is 0 Å². The Bertz CT molecular complexity index is 258. The molecule has 0 saturated carbocycles. The topological polar surface area (TPSA) is 9.23 Å². The van der Waals surface area contributed by atoms with Gasteiger partial charge in [0.15, 0.2) is 0 Å². The van der Waals surface area contributed by atoms with Crippen LogP contribution in [-0.2, 0) is 11.3 Å². The Labute approximate surface area is 98.6 Å². The van der Waals surface area contributed by atoms with E-state index in [2.05, 4.69) is 41.2 Å². The summed E-state index contributed by atoms with van der Waals surface area (Å²) in [6, 6.07) is 2.12. The van der Waals surface area contributed by atoms with E-state index in [0.29, 0.717) is 0 Å². The SMILES string of the molecule is CC(C)CCCOCc1cc(Br)cs1. The minimum absolute atomic E-state index is 0.758. The van der Waals surface area contributed by atoms with E-state index in [-0.39, 0.29) is 0 Å². The summed E-state index contributed by atoms with van der Waals surface area (Å²) in [5, 5.41) is 2.09. The normalized spacial score (nSPS) is 11.1. The van der Waals surface area contributed by atoms with Crippen molar-refractivity contribution in [3.05, 3.63) is 20.8 Å². The zero-order valence-corrected chi connectivity index (χ0v) is 11.2. The minimum Gasteiger partial charge on any atom is -0.376 e. The molecule has 0 saturated heterocycles. The summed E-state index contributed by atoms with van der Waals surface area (Å²) in [4.78, 5) is 1.29. The third-order valence-electron chi connectivity index (χ3n) is 1.94. The van der Waals surface area contributed by atoms with Gasteiger partial charge in [-0.1, -0.05) is 13.8 Å². The maximum Gasteiger partial charge on any atom is 0.0809 e. The fourth-order valence-corrected chi connectivity index (χ4v) is 2.58. The van der Waals surface area contributed by atoms with E-state index < -0.39 is 0 Å². The highest BCUT2D eigenvalue weighted by Gasteiger charge is 1.98. The molecule has 0 atom stereocenters. The van der Waals surface area contributed by atoms with Crippen molar-refractivity contribution >= 4 is 27.3 Å². The molecule has 0 radical (unpaired) electrons. The quantitative estimate of drug-likeness (QED) is 0.697. The standard InChI is InChI=1S/C11H17BrOS/c1-9(2)4-3-5-13-7-11-6-10(12)8-14-11/h6,8-9H,3-5,7H2,1-2H3. The van der Waals surface area contributed by atoms with Crippen molar-refractivity contribution in [2.45, 2.75) is 33.3 Å². The van der Waals surface area contributed by atoms with Crippen LogP contribution in [0.2, 0.25) is 0 Å². The first kappa shape index (κ1) is 12.2. The summed E-state index contributed by atoms with van der Waals surface area (Å²) in [7, 11) is 0. The highest BCUT2D eigenvalue weighted by atomic mass is 79.9. The maximum absolute atomic E-state index is 5.57. The number of rotatable bonds is 6. The predicted octanol–water partition coefficient (Wildman–Crippen LogP) is 4.46. The third kappa shape index (κ3) is 5.13. The van der Waals surface area contributed by atoms with Crippen LogP contribution in [-0.4, -0.2) is 6.61 Å². The Hall–Kier alpha value is 0.140. The Morgan fingerprint density at radius 1 is 1.50 bits per heavy atom. The van der Waals surface area contributed by atoms with Crippen LogP contribution in [0.4, 0.5) is 0 Å². The molecule has 0 fully saturated rings. The Kier molecular flexibility index (Phi) is 5.75. The molecule has 1 rings (SSSR count). The first-order valence-electron chi connectivity index (χ1n) is 4.99. The van der Waals surface area contributed by atoms with Gasteiger partial charge in [0, 0.05) is 21.3 Å². The number of hydrogen-bond donors (Lipinski definition) is 0. The minimum atomic E-state index is 0.758. The molecule has 0 aliphatic rings. The second kappa shape index (κ2) is 6.59. The van der Waals surface area contributed by atoms with Gasteiger partial charge >= 0.3 is 0 Å². The zero-order chi connectivity index (χ0) is 10.4. The molecule has 1 aromatic heterocycles. The van der Waals surface area contributed by atoms with Gasteiger partial charge in [-0.2, -0.15) is 0 Å². The predicted molar refractivity (Wildman–Crippen MR) is 65.7 cm³/mol. The van der Waals surface area contributed by atoms with Crippen LogP contribution >= 0.6 is 27.3 Å². The molecule has 0 aliphatic carbocycles. The van der Waals surface area contributed by atoms with Crippen LogP contribution < -0.4 is 0 Å². The highest BCUT2D eigenvalue weighted by molar-refractivity contribution is 9.10. The van der Waals surface area contributed by atoms with Gasteiger partial charge in [-0.3, -0.25) is 0 Å². The summed E-state index contributed by atoms with van der Waals surface area (Å²) >= 11 is 5.17. The molecule has 1 nitrogen and oxygen atoms in total. The first-order valence-corrected chi connectivity index (χ1v) is 6.66. The zero-order valence-electron chi connectivity index (χ0n) is 8.75. The van der Waals surface area contributed by atoms with E-state index in [1.807, 2.05) is 0 Å². The molecule has 0 aliphatic heterocycles. The lowest BCUT2D eigenvalue weighted by Gasteiger charge is -2.04. The summed E-state index contributed by atoms with van der Waals surface area (Å²) < 4.78 is 6.73. The molecular weight excluding hydrogens is 260 g/mol. The average molecular weight is 277 g/mol. The molecule has 0 amide bonds. The van der Waals surface area contributed by atoms with Gasteiger partial charge in [-0.05, 0) is 40.8 Å². The van der Waals surface area contributed by atoms with E-state index in [0.717, 1.165) is 23.6 Å². The number of hydrogen-bond acceptors (Lipinski definition) is 2. The van der Waals surface area contributed by atoms with E-state index in [1.165, 1.54) is 17.7 Å². The number of halogens is 1. The Morgan fingerprint density at radius 2 is 2.29 bits per heavy atom. The van der Waals surface area contributed by atoms with Gasteiger partial charge in [-0.25, -0.2) is 0 Å². The lowest BCUT2D eigenvalue weighted by molar-refractivity contribution is 0.117. The van der Waals surface area contributed by atoms with Crippen molar-refractivity contribution in [3.8, 4) is 0 Å². The van der Waals surface area contributed by atoms with Crippen molar-refractivity contribution in [3.63, 3.8) is 0 Å². The average Bonchev–Trinajstić information content (AvgIpc) is 2.50. The summed E-state index contributed by atoms with van der Waals surface area (Å²) in [6.07, 6.45) is 2.43.